The minimum Gasteiger partial charge on any atom is -0.426 e. The molecule has 0 saturated carbocycles. The maximum absolute atomic E-state index is 12.2. The number of aromatic nitrogens is 2. The molecular weight excluding hydrogens is 320 g/mol. The Hall–Kier alpha value is -2.83. The Kier molecular flexibility index (Phi) is 6.16. The number of hydrogen-bond acceptors (Lipinski definition) is 4. The van der Waals surface area contributed by atoms with Crippen LogP contribution >= 0.6 is 0 Å². The third-order valence-corrected chi connectivity index (χ3v) is 3.84. The van der Waals surface area contributed by atoms with Crippen LogP contribution in [0, 0.1) is 13.8 Å². The lowest BCUT2D eigenvalue weighted by atomic mass is 10.1. The first-order chi connectivity index (χ1) is 11.9. The zero-order valence-electron chi connectivity index (χ0n) is 15.0. The number of benzene rings is 1. The molecule has 0 aliphatic heterocycles. The van der Waals surface area contributed by atoms with Gasteiger partial charge in [-0.25, -0.2) is 4.79 Å². The third-order valence-electron chi connectivity index (χ3n) is 3.84. The average molecular weight is 344 g/mol. The molecule has 134 valence electrons. The molecule has 0 spiro atoms. The summed E-state index contributed by atoms with van der Waals surface area (Å²) < 4.78 is 7.14. The van der Waals surface area contributed by atoms with Crippen LogP contribution in [0.25, 0.3) is 0 Å². The average Bonchev–Trinajstić information content (AvgIpc) is 2.79. The number of aryl methyl sites for hydroxylation is 2. The summed E-state index contributed by atoms with van der Waals surface area (Å²) in [5.41, 5.74) is 3.20. The van der Waals surface area contributed by atoms with Gasteiger partial charge in [-0.3, -0.25) is 9.48 Å². The first kappa shape index (κ1) is 18.5. The molecule has 0 aliphatic carbocycles. The van der Waals surface area contributed by atoms with Gasteiger partial charge in [-0.1, -0.05) is 13.0 Å². The monoisotopic (exact) mass is 344 g/mol. The fraction of sp³-hybridized carbons (Fsp3) is 0.389. The van der Waals surface area contributed by atoms with Gasteiger partial charge in [0.2, 0.25) is 0 Å². The van der Waals surface area contributed by atoms with Gasteiger partial charge in [0.1, 0.15) is 5.75 Å². The summed E-state index contributed by atoms with van der Waals surface area (Å²) in [5.74, 6) is 0.0178. The van der Waals surface area contributed by atoms with Crippen molar-refractivity contribution in [1.82, 2.24) is 15.1 Å². The molecule has 25 heavy (non-hydrogen) atoms. The van der Waals surface area contributed by atoms with Crippen molar-refractivity contribution in [2.75, 3.05) is 11.9 Å². The number of carbonyl (C=O) groups excluding carboxylic acids is 2. The Morgan fingerprint density at radius 3 is 2.68 bits per heavy atom. The summed E-state index contributed by atoms with van der Waals surface area (Å²) in [4.78, 5) is 23.9. The summed E-state index contributed by atoms with van der Waals surface area (Å²) in [6.45, 7) is 6.37. The number of nitrogens with one attached hydrogen (secondary N) is 2. The SMILES string of the molecule is CCCNC(=O)Nc1cccc(OC(=O)Cc2c(C)nn(C)c2C)c1. The Morgan fingerprint density at radius 2 is 2.04 bits per heavy atom. The second-order valence-corrected chi connectivity index (χ2v) is 5.83. The fourth-order valence-corrected chi connectivity index (χ4v) is 2.44. The number of amides is 2. The van der Waals surface area contributed by atoms with Gasteiger partial charge in [0.25, 0.3) is 0 Å². The molecule has 0 saturated heterocycles. The number of esters is 1. The van der Waals surface area contributed by atoms with Crippen molar-refractivity contribution in [3.05, 3.63) is 41.2 Å². The predicted octanol–water partition coefficient (Wildman–Crippen LogP) is 2.72. The largest absolute Gasteiger partial charge is 0.426 e. The van der Waals surface area contributed by atoms with E-state index in [1.54, 1.807) is 28.9 Å². The van der Waals surface area contributed by atoms with Gasteiger partial charge in [0.15, 0.2) is 0 Å². The van der Waals surface area contributed by atoms with Crippen LogP contribution in [0.15, 0.2) is 24.3 Å². The summed E-state index contributed by atoms with van der Waals surface area (Å²) in [6.07, 6.45) is 1.01. The highest BCUT2D eigenvalue weighted by Crippen LogP contribution is 2.19. The van der Waals surface area contributed by atoms with Crippen LogP contribution in [0.4, 0.5) is 10.5 Å². The maximum atomic E-state index is 12.2. The fourth-order valence-electron chi connectivity index (χ4n) is 2.44. The molecule has 2 aromatic rings. The molecule has 0 aliphatic rings. The van der Waals surface area contributed by atoms with Gasteiger partial charge in [0.05, 0.1) is 12.1 Å². The van der Waals surface area contributed by atoms with Gasteiger partial charge in [-0.15, -0.1) is 0 Å². The lowest BCUT2D eigenvalue weighted by Crippen LogP contribution is -2.29. The van der Waals surface area contributed by atoms with Crippen molar-refractivity contribution in [1.29, 1.82) is 0 Å². The molecule has 7 nitrogen and oxygen atoms in total. The van der Waals surface area contributed by atoms with Gasteiger partial charge >= 0.3 is 12.0 Å². The number of anilines is 1. The van der Waals surface area contributed by atoms with Crippen LogP contribution in [0.5, 0.6) is 5.75 Å². The van der Waals surface area contributed by atoms with Crippen molar-refractivity contribution in [2.24, 2.45) is 7.05 Å². The van der Waals surface area contributed by atoms with E-state index in [4.69, 9.17) is 4.74 Å². The van der Waals surface area contributed by atoms with Crippen LogP contribution in [0.2, 0.25) is 0 Å². The minimum absolute atomic E-state index is 0.153. The van der Waals surface area contributed by atoms with Gasteiger partial charge in [-0.05, 0) is 32.4 Å². The molecule has 1 heterocycles. The molecule has 0 bridgehead atoms. The topological polar surface area (TPSA) is 85.2 Å². The zero-order valence-corrected chi connectivity index (χ0v) is 15.0. The molecule has 1 aromatic heterocycles. The molecule has 0 fully saturated rings. The molecule has 7 heteroatoms. The minimum atomic E-state index is -0.369. The lowest BCUT2D eigenvalue weighted by molar-refractivity contribution is -0.133. The Morgan fingerprint density at radius 1 is 1.28 bits per heavy atom. The highest BCUT2D eigenvalue weighted by atomic mass is 16.5. The van der Waals surface area contributed by atoms with Crippen LogP contribution in [-0.4, -0.2) is 28.3 Å². The Bertz CT molecular complexity index is 768. The summed E-state index contributed by atoms with van der Waals surface area (Å²) in [6, 6.07) is 6.46. The summed E-state index contributed by atoms with van der Waals surface area (Å²) in [5, 5.41) is 9.72. The molecule has 1 aromatic carbocycles. The van der Waals surface area contributed by atoms with Crippen molar-refractivity contribution >= 4 is 17.7 Å². The first-order valence-electron chi connectivity index (χ1n) is 8.25. The van der Waals surface area contributed by atoms with Crippen LogP contribution < -0.4 is 15.4 Å². The number of ether oxygens (including phenoxy) is 1. The number of rotatable bonds is 6. The van der Waals surface area contributed by atoms with E-state index in [0.29, 0.717) is 18.0 Å². The van der Waals surface area contributed by atoms with Gasteiger partial charge < -0.3 is 15.4 Å². The highest BCUT2D eigenvalue weighted by Gasteiger charge is 2.15. The quantitative estimate of drug-likeness (QED) is 0.623. The van der Waals surface area contributed by atoms with E-state index in [1.165, 1.54) is 0 Å². The molecule has 0 radical (unpaired) electrons. The van der Waals surface area contributed by atoms with Crippen molar-refractivity contribution in [3.8, 4) is 5.75 Å². The maximum Gasteiger partial charge on any atom is 0.319 e. The van der Waals surface area contributed by atoms with Crippen LogP contribution in [0.1, 0.15) is 30.3 Å². The van der Waals surface area contributed by atoms with E-state index in [2.05, 4.69) is 15.7 Å². The van der Waals surface area contributed by atoms with E-state index in [-0.39, 0.29) is 18.4 Å². The Labute approximate surface area is 147 Å². The second-order valence-electron chi connectivity index (χ2n) is 5.83. The van der Waals surface area contributed by atoms with E-state index in [1.807, 2.05) is 27.8 Å². The zero-order chi connectivity index (χ0) is 18.4. The molecule has 2 N–H and O–H groups in total. The van der Waals surface area contributed by atoms with Crippen LogP contribution in [0.3, 0.4) is 0 Å². The standard InChI is InChI=1S/C18H24N4O3/c1-5-9-19-18(24)20-14-7-6-8-15(10-14)25-17(23)11-16-12(2)21-22(4)13(16)3/h6-8,10H,5,9,11H2,1-4H3,(H2,19,20,24). The van der Waals surface area contributed by atoms with Gasteiger partial charge in [0, 0.05) is 36.6 Å². The van der Waals surface area contributed by atoms with E-state index < -0.39 is 0 Å². The van der Waals surface area contributed by atoms with E-state index >= 15 is 0 Å². The first-order valence-corrected chi connectivity index (χ1v) is 8.25. The molecule has 2 rings (SSSR count). The molecule has 0 unspecified atom stereocenters. The highest BCUT2D eigenvalue weighted by molar-refractivity contribution is 5.89. The molecule has 0 atom stereocenters. The number of nitrogens with zero attached hydrogens (tertiary/aromatic N) is 2. The normalized spacial score (nSPS) is 10.4. The van der Waals surface area contributed by atoms with Crippen molar-refractivity contribution in [2.45, 2.75) is 33.6 Å². The van der Waals surface area contributed by atoms with Crippen LogP contribution in [-0.2, 0) is 18.3 Å². The number of hydrogen-bond donors (Lipinski definition) is 2. The molecule has 2 amide bonds. The smallest absolute Gasteiger partial charge is 0.319 e. The predicted molar refractivity (Wildman–Crippen MR) is 95.8 cm³/mol. The number of urea groups is 1. The second kappa shape index (κ2) is 8.32. The van der Waals surface area contributed by atoms with E-state index in [0.717, 1.165) is 23.4 Å². The summed E-state index contributed by atoms with van der Waals surface area (Å²) in [7, 11) is 1.84. The third kappa shape index (κ3) is 5.07. The van der Waals surface area contributed by atoms with E-state index in [9.17, 15) is 9.59 Å². The lowest BCUT2D eigenvalue weighted by Gasteiger charge is -2.09. The Balaban J connectivity index is 1.99. The number of carbonyl (C=O) groups is 2. The summed E-state index contributed by atoms with van der Waals surface area (Å²) >= 11 is 0. The van der Waals surface area contributed by atoms with Crippen molar-refractivity contribution < 1.29 is 14.3 Å². The van der Waals surface area contributed by atoms with Crippen molar-refractivity contribution in [3.63, 3.8) is 0 Å². The molecular formula is C18H24N4O3. The van der Waals surface area contributed by atoms with Gasteiger partial charge in [-0.2, -0.15) is 5.10 Å².